The molecule has 15 heavy (non-hydrogen) atoms. The van der Waals surface area contributed by atoms with E-state index in [0.717, 1.165) is 11.0 Å². The van der Waals surface area contributed by atoms with Crippen molar-refractivity contribution in [3.63, 3.8) is 0 Å². The van der Waals surface area contributed by atoms with Gasteiger partial charge in [0.25, 0.3) is 10.1 Å². The van der Waals surface area contributed by atoms with Crippen LogP contribution in [-0.4, -0.2) is 34.1 Å². The maximum atomic E-state index is 9.56. The molecule has 0 unspecified atom stereocenters. The number of hydrogen-bond donors (Lipinski definition) is 2. The number of hydrogen-bond acceptors (Lipinski definition) is 4. The first-order valence-corrected chi connectivity index (χ1v) is 5.85. The molecule has 0 aliphatic rings. The van der Waals surface area contributed by atoms with E-state index in [4.69, 9.17) is 4.55 Å². The van der Waals surface area contributed by atoms with Gasteiger partial charge in [0, 0.05) is 0 Å². The maximum absolute atomic E-state index is 9.56. The third-order valence-corrected chi connectivity index (χ3v) is 2.33. The van der Waals surface area contributed by atoms with Crippen molar-refractivity contribution in [2.75, 3.05) is 5.75 Å². The van der Waals surface area contributed by atoms with Crippen LogP contribution in [0.25, 0.3) is 11.0 Å². The van der Waals surface area contributed by atoms with Crippen molar-refractivity contribution in [1.29, 1.82) is 0 Å². The number of para-hydroxylation sites is 1. The lowest BCUT2D eigenvalue weighted by molar-refractivity contribution is 0.484. The average molecular weight is 229 g/mol. The minimum atomic E-state index is -3.66. The van der Waals surface area contributed by atoms with E-state index < -0.39 is 10.1 Å². The Morgan fingerprint density at radius 1 is 1.40 bits per heavy atom. The molecule has 0 amide bonds. The molecule has 0 fully saturated rings. The van der Waals surface area contributed by atoms with Gasteiger partial charge >= 0.3 is 0 Å². The highest BCUT2D eigenvalue weighted by Crippen LogP contribution is 2.03. The zero-order valence-corrected chi connectivity index (χ0v) is 8.90. The molecular weight excluding hydrogens is 218 g/mol. The molecule has 0 radical (unpaired) electrons. The SMILES string of the molecule is CCS(=O)(=O)O.c1ccc2[nH]nnc2c1. The first-order valence-electron chi connectivity index (χ1n) is 4.24. The van der Waals surface area contributed by atoms with Gasteiger partial charge in [-0.1, -0.05) is 17.3 Å². The van der Waals surface area contributed by atoms with Crippen LogP contribution in [0.5, 0.6) is 0 Å². The normalized spacial score (nSPS) is 10.8. The predicted octanol–water partition coefficient (Wildman–Crippen LogP) is 0.852. The molecule has 0 spiro atoms. The fourth-order valence-electron chi connectivity index (χ4n) is 0.788. The second-order valence-corrected chi connectivity index (χ2v) is 4.44. The molecule has 82 valence electrons. The minimum Gasteiger partial charge on any atom is -0.286 e. The molecule has 0 saturated heterocycles. The van der Waals surface area contributed by atoms with Crippen molar-refractivity contribution < 1.29 is 13.0 Å². The van der Waals surface area contributed by atoms with E-state index in [1.807, 2.05) is 24.3 Å². The van der Waals surface area contributed by atoms with Gasteiger partial charge in [0.1, 0.15) is 5.52 Å². The predicted molar refractivity (Wildman–Crippen MR) is 56.0 cm³/mol. The Morgan fingerprint density at radius 2 is 2.00 bits per heavy atom. The standard InChI is InChI=1S/C6H5N3.C2H6O3S/c1-2-4-6-5(3-1)7-9-8-6;1-2-6(3,4)5/h1-4H,(H,7,8,9);2H2,1H3,(H,3,4,5). The van der Waals surface area contributed by atoms with Gasteiger partial charge in [-0.25, -0.2) is 0 Å². The molecule has 6 nitrogen and oxygen atoms in total. The van der Waals surface area contributed by atoms with Crippen LogP contribution in [0.3, 0.4) is 0 Å². The summed E-state index contributed by atoms with van der Waals surface area (Å²) in [6.07, 6.45) is 0. The zero-order valence-electron chi connectivity index (χ0n) is 8.08. The Morgan fingerprint density at radius 3 is 2.53 bits per heavy atom. The van der Waals surface area contributed by atoms with Gasteiger partial charge in [0.2, 0.25) is 0 Å². The third kappa shape index (κ3) is 4.05. The molecule has 7 heteroatoms. The summed E-state index contributed by atoms with van der Waals surface area (Å²) in [6.45, 7) is 1.37. The molecule has 2 N–H and O–H groups in total. The van der Waals surface area contributed by atoms with Crippen LogP contribution in [-0.2, 0) is 10.1 Å². The van der Waals surface area contributed by atoms with Gasteiger partial charge in [-0.05, 0) is 19.1 Å². The van der Waals surface area contributed by atoms with Gasteiger partial charge < -0.3 is 0 Å². The highest BCUT2D eigenvalue weighted by Gasteiger charge is 1.93. The van der Waals surface area contributed by atoms with Crippen LogP contribution in [0.1, 0.15) is 6.92 Å². The largest absolute Gasteiger partial charge is 0.286 e. The van der Waals surface area contributed by atoms with Crippen LogP contribution < -0.4 is 0 Å². The minimum absolute atomic E-state index is 0.201. The number of nitrogens with zero attached hydrogens (tertiary/aromatic N) is 2. The fraction of sp³-hybridized carbons (Fsp3) is 0.250. The van der Waals surface area contributed by atoms with Gasteiger partial charge in [0.15, 0.2) is 0 Å². The summed E-state index contributed by atoms with van der Waals surface area (Å²) >= 11 is 0. The molecule has 1 aromatic heterocycles. The molecule has 0 aliphatic heterocycles. The Kier molecular flexibility index (Phi) is 3.75. The van der Waals surface area contributed by atoms with Crippen molar-refractivity contribution in [3.8, 4) is 0 Å². The summed E-state index contributed by atoms with van der Waals surface area (Å²) in [5.74, 6) is -0.201. The first kappa shape index (κ1) is 11.6. The van der Waals surface area contributed by atoms with E-state index in [1.165, 1.54) is 6.92 Å². The first-order chi connectivity index (χ1) is 7.03. The second-order valence-electron chi connectivity index (χ2n) is 2.70. The molecule has 0 saturated carbocycles. The number of rotatable bonds is 1. The number of H-pyrrole nitrogens is 1. The average Bonchev–Trinajstić information content (AvgIpc) is 2.65. The number of aromatic amines is 1. The Hall–Kier alpha value is -1.47. The van der Waals surface area contributed by atoms with Crippen LogP contribution in [0.2, 0.25) is 0 Å². The molecule has 2 rings (SSSR count). The van der Waals surface area contributed by atoms with Crippen molar-refractivity contribution in [1.82, 2.24) is 15.4 Å². The number of fused-ring (bicyclic) bond motifs is 1. The van der Waals surface area contributed by atoms with E-state index in [1.54, 1.807) is 0 Å². The third-order valence-electron chi connectivity index (χ3n) is 1.60. The van der Waals surface area contributed by atoms with Crippen LogP contribution in [0.4, 0.5) is 0 Å². The van der Waals surface area contributed by atoms with Crippen molar-refractivity contribution in [2.45, 2.75) is 6.92 Å². The molecule has 1 aromatic carbocycles. The van der Waals surface area contributed by atoms with E-state index in [0.29, 0.717) is 0 Å². The molecule has 0 aliphatic carbocycles. The summed E-state index contributed by atoms with van der Waals surface area (Å²) in [4.78, 5) is 0. The lowest BCUT2D eigenvalue weighted by atomic mass is 10.3. The van der Waals surface area contributed by atoms with Crippen LogP contribution in [0.15, 0.2) is 24.3 Å². The molecule has 2 aromatic rings. The summed E-state index contributed by atoms with van der Waals surface area (Å²) in [5, 5.41) is 10.2. The number of nitrogens with one attached hydrogen (secondary N) is 1. The topological polar surface area (TPSA) is 95.9 Å². The Bertz CT molecular complexity index is 490. The summed E-state index contributed by atoms with van der Waals surface area (Å²) in [7, 11) is -3.66. The maximum Gasteiger partial charge on any atom is 0.264 e. The zero-order chi connectivity index (χ0) is 11.3. The van der Waals surface area contributed by atoms with Crippen molar-refractivity contribution in [3.05, 3.63) is 24.3 Å². The highest BCUT2D eigenvalue weighted by molar-refractivity contribution is 7.85. The monoisotopic (exact) mass is 229 g/mol. The fourth-order valence-corrected chi connectivity index (χ4v) is 0.788. The number of aromatic nitrogens is 3. The molecule has 1 heterocycles. The van der Waals surface area contributed by atoms with Gasteiger partial charge in [0.05, 0.1) is 11.3 Å². The Labute approximate surface area is 87.1 Å². The lowest BCUT2D eigenvalue weighted by Crippen LogP contribution is -1.97. The number of benzene rings is 1. The highest BCUT2D eigenvalue weighted by atomic mass is 32.2. The Balaban J connectivity index is 0.000000167. The molecule has 0 bridgehead atoms. The van der Waals surface area contributed by atoms with Gasteiger partial charge in [-0.3, -0.25) is 9.65 Å². The summed E-state index contributed by atoms with van der Waals surface area (Å²) < 4.78 is 26.9. The lowest BCUT2D eigenvalue weighted by Gasteiger charge is -1.79. The van der Waals surface area contributed by atoms with E-state index in [9.17, 15) is 8.42 Å². The van der Waals surface area contributed by atoms with Gasteiger partial charge in [-0.15, -0.1) is 5.10 Å². The van der Waals surface area contributed by atoms with Gasteiger partial charge in [-0.2, -0.15) is 8.42 Å². The molecule has 0 atom stereocenters. The van der Waals surface area contributed by atoms with Crippen molar-refractivity contribution in [2.24, 2.45) is 0 Å². The van der Waals surface area contributed by atoms with E-state index in [-0.39, 0.29) is 5.75 Å². The van der Waals surface area contributed by atoms with Crippen molar-refractivity contribution >= 4 is 21.2 Å². The smallest absolute Gasteiger partial charge is 0.264 e. The van der Waals surface area contributed by atoms with E-state index in [2.05, 4.69) is 15.4 Å². The molecular formula is C8H11N3O3S. The summed E-state index contributed by atoms with van der Waals surface area (Å²) in [6, 6.07) is 7.74. The van der Waals surface area contributed by atoms with Crippen LogP contribution >= 0.6 is 0 Å². The second kappa shape index (κ2) is 4.85. The van der Waals surface area contributed by atoms with Crippen LogP contribution in [0, 0.1) is 0 Å². The van der Waals surface area contributed by atoms with E-state index >= 15 is 0 Å². The quantitative estimate of drug-likeness (QED) is 0.707. The summed E-state index contributed by atoms with van der Waals surface area (Å²) in [5.41, 5.74) is 1.90.